The molecule has 0 aliphatic carbocycles. The Kier molecular flexibility index (Phi) is 5.32. The minimum Gasteiger partial charge on any atom is -0.307 e. The maximum atomic E-state index is 10.6. The molecule has 218 valence electrons. The molecule has 0 amide bonds. The Labute approximate surface area is 270 Å². The van der Waals surface area contributed by atoms with E-state index >= 15 is 0 Å². The van der Waals surface area contributed by atoms with Gasteiger partial charge in [-0.1, -0.05) is 109 Å². The second kappa shape index (κ2) is 9.71. The average Bonchev–Trinajstić information content (AvgIpc) is 3.77. The summed E-state index contributed by atoms with van der Waals surface area (Å²) in [4.78, 5) is 0. The Bertz CT molecular complexity index is 2630. The Morgan fingerprint density at radius 3 is 0.872 bits per heavy atom. The van der Waals surface area contributed by atoms with Crippen LogP contribution in [0.1, 0.15) is 5.56 Å². The van der Waals surface area contributed by atoms with Crippen LogP contribution in [0.2, 0.25) is 0 Å². The van der Waals surface area contributed by atoms with Crippen LogP contribution in [0.25, 0.3) is 82.5 Å². The summed E-state index contributed by atoms with van der Waals surface area (Å²) in [7, 11) is 0. The predicted molar refractivity (Wildman–Crippen MR) is 194 cm³/mol. The molecule has 0 N–H and O–H groups in total. The highest BCUT2D eigenvalue weighted by atomic mass is 15.1. The molecule has 10 rings (SSSR count). The van der Waals surface area contributed by atoms with Crippen LogP contribution in [-0.4, -0.2) is 13.7 Å². The summed E-state index contributed by atoms with van der Waals surface area (Å²) < 4.78 is 7.10. The van der Waals surface area contributed by atoms with Gasteiger partial charge in [-0.25, -0.2) is 0 Å². The van der Waals surface area contributed by atoms with Crippen molar-refractivity contribution in [1.82, 2.24) is 13.7 Å². The minimum absolute atomic E-state index is 0.600. The van der Waals surface area contributed by atoms with E-state index in [9.17, 15) is 5.26 Å². The lowest BCUT2D eigenvalue weighted by atomic mass is 10.1. The monoisotopic (exact) mass is 598 g/mol. The normalized spacial score (nSPS) is 11.8. The molecule has 47 heavy (non-hydrogen) atoms. The van der Waals surface area contributed by atoms with Gasteiger partial charge in [0.2, 0.25) is 0 Å². The summed E-state index contributed by atoms with van der Waals surface area (Å²) in [5, 5.41) is 17.7. The number of nitriles is 1. The smallest absolute Gasteiger partial charge is 0.0993 e. The van der Waals surface area contributed by atoms with E-state index in [1.54, 1.807) is 0 Å². The number of fused-ring (bicyclic) bond motifs is 9. The van der Waals surface area contributed by atoms with Gasteiger partial charge in [0, 0.05) is 32.3 Å². The first-order valence-corrected chi connectivity index (χ1v) is 15.9. The highest BCUT2D eigenvalue weighted by Crippen LogP contribution is 2.43. The molecule has 0 saturated carbocycles. The van der Waals surface area contributed by atoms with Crippen molar-refractivity contribution in [1.29, 1.82) is 5.26 Å². The number of para-hydroxylation sites is 6. The minimum atomic E-state index is 0.600. The van der Waals surface area contributed by atoms with Crippen molar-refractivity contribution in [2.75, 3.05) is 0 Å². The van der Waals surface area contributed by atoms with E-state index in [0.29, 0.717) is 5.56 Å². The Morgan fingerprint density at radius 2 is 0.596 bits per heavy atom. The SMILES string of the molecule is N#Cc1cc(-n2c3ccccc3c3ccccc32)c(-n2c3ccccc3c3ccccc32)c(-n2c3ccccc3c3ccccc32)c1. The number of aromatic nitrogens is 3. The van der Waals surface area contributed by atoms with E-state index in [0.717, 1.165) is 50.2 Å². The van der Waals surface area contributed by atoms with Crippen LogP contribution in [0.3, 0.4) is 0 Å². The van der Waals surface area contributed by atoms with E-state index in [-0.39, 0.29) is 0 Å². The fraction of sp³-hybridized carbons (Fsp3) is 0. The predicted octanol–water partition coefficient (Wildman–Crippen LogP) is 10.8. The van der Waals surface area contributed by atoms with Crippen LogP contribution < -0.4 is 0 Å². The number of benzene rings is 7. The molecule has 0 aliphatic rings. The molecule has 0 unspecified atom stereocenters. The molecule has 0 spiro atoms. The van der Waals surface area contributed by atoms with Crippen molar-refractivity contribution in [3.8, 4) is 23.1 Å². The van der Waals surface area contributed by atoms with Crippen LogP contribution >= 0.6 is 0 Å². The molecule has 3 heterocycles. The van der Waals surface area contributed by atoms with Gasteiger partial charge in [0.15, 0.2) is 0 Å². The van der Waals surface area contributed by atoms with E-state index in [1.165, 1.54) is 32.3 Å². The fourth-order valence-corrected chi connectivity index (χ4v) is 7.77. The first-order chi connectivity index (χ1) is 23.3. The third-order valence-electron chi connectivity index (χ3n) is 9.64. The molecule has 0 bridgehead atoms. The third kappa shape index (κ3) is 3.51. The van der Waals surface area contributed by atoms with Crippen molar-refractivity contribution in [2.45, 2.75) is 0 Å². The van der Waals surface area contributed by atoms with Gasteiger partial charge >= 0.3 is 0 Å². The molecule has 0 radical (unpaired) electrons. The molecule has 0 fully saturated rings. The fourth-order valence-electron chi connectivity index (χ4n) is 7.77. The van der Waals surface area contributed by atoms with E-state index in [2.05, 4.69) is 177 Å². The van der Waals surface area contributed by atoms with Gasteiger partial charge in [-0.2, -0.15) is 5.26 Å². The largest absolute Gasteiger partial charge is 0.307 e. The van der Waals surface area contributed by atoms with Crippen molar-refractivity contribution in [3.05, 3.63) is 163 Å². The summed E-state index contributed by atoms with van der Waals surface area (Å²) in [6.45, 7) is 0. The molecule has 4 nitrogen and oxygen atoms in total. The Morgan fingerprint density at radius 1 is 0.340 bits per heavy atom. The van der Waals surface area contributed by atoms with Crippen molar-refractivity contribution in [3.63, 3.8) is 0 Å². The highest BCUT2D eigenvalue weighted by Gasteiger charge is 2.25. The van der Waals surface area contributed by atoms with Gasteiger partial charge in [-0.15, -0.1) is 0 Å². The molecule has 0 atom stereocenters. The topological polar surface area (TPSA) is 38.6 Å². The molecular weight excluding hydrogens is 573 g/mol. The molecule has 7 aromatic carbocycles. The van der Waals surface area contributed by atoms with Gasteiger partial charge in [0.05, 0.1) is 61.8 Å². The highest BCUT2D eigenvalue weighted by molar-refractivity contribution is 6.13. The van der Waals surface area contributed by atoms with Crippen molar-refractivity contribution < 1.29 is 0 Å². The number of rotatable bonds is 3. The van der Waals surface area contributed by atoms with Crippen LogP contribution in [-0.2, 0) is 0 Å². The van der Waals surface area contributed by atoms with E-state index in [1.807, 2.05) is 0 Å². The van der Waals surface area contributed by atoms with Gasteiger partial charge in [-0.05, 0) is 48.5 Å². The third-order valence-corrected chi connectivity index (χ3v) is 9.64. The zero-order chi connectivity index (χ0) is 31.1. The standard InChI is InChI=1S/C43H26N4/c44-27-28-25-41(45-35-19-7-1-13-29(35)30-14-2-8-20-36(30)45)43(47-39-23-11-5-17-33(39)34-18-6-12-24-40(34)47)42(26-28)46-37-21-9-3-15-31(37)32-16-4-10-22-38(32)46/h1-26H. The molecule has 3 aromatic heterocycles. The molecule has 10 aromatic rings. The van der Waals surface area contributed by atoms with Gasteiger partial charge in [-0.3, -0.25) is 0 Å². The number of hydrogen-bond donors (Lipinski definition) is 0. The maximum absolute atomic E-state index is 10.6. The summed E-state index contributed by atoms with van der Waals surface area (Å²) in [5.74, 6) is 0. The summed E-state index contributed by atoms with van der Waals surface area (Å²) in [6, 6.07) is 58.2. The number of nitrogens with zero attached hydrogens (tertiary/aromatic N) is 4. The van der Waals surface area contributed by atoms with Crippen molar-refractivity contribution in [2.24, 2.45) is 0 Å². The summed E-state index contributed by atoms with van der Waals surface area (Å²) >= 11 is 0. The van der Waals surface area contributed by atoms with Gasteiger partial charge in [0.25, 0.3) is 0 Å². The van der Waals surface area contributed by atoms with E-state index < -0.39 is 0 Å². The van der Waals surface area contributed by atoms with Gasteiger partial charge < -0.3 is 13.7 Å². The van der Waals surface area contributed by atoms with Crippen LogP contribution in [0.4, 0.5) is 0 Å². The van der Waals surface area contributed by atoms with Crippen LogP contribution in [0, 0.1) is 11.3 Å². The first-order valence-electron chi connectivity index (χ1n) is 15.9. The first kappa shape index (κ1) is 25.7. The Balaban J connectivity index is 1.49. The lowest BCUT2D eigenvalue weighted by Crippen LogP contribution is -2.10. The lowest BCUT2D eigenvalue weighted by molar-refractivity contribution is 1.05. The molecule has 4 heteroatoms. The number of hydrogen-bond acceptors (Lipinski definition) is 1. The second-order valence-electron chi connectivity index (χ2n) is 12.1. The molecule has 0 aliphatic heterocycles. The molecule has 0 saturated heterocycles. The van der Waals surface area contributed by atoms with Crippen molar-refractivity contribution >= 4 is 65.4 Å². The average molecular weight is 599 g/mol. The zero-order valence-electron chi connectivity index (χ0n) is 25.3. The summed E-state index contributed by atoms with van der Waals surface area (Å²) in [6.07, 6.45) is 0. The quantitative estimate of drug-likeness (QED) is 0.199. The van der Waals surface area contributed by atoms with Crippen LogP contribution in [0.15, 0.2) is 158 Å². The lowest BCUT2D eigenvalue weighted by Gasteiger charge is -2.22. The summed E-state index contributed by atoms with van der Waals surface area (Å²) in [5.41, 5.74) is 10.1. The maximum Gasteiger partial charge on any atom is 0.0993 e. The van der Waals surface area contributed by atoms with Gasteiger partial charge in [0.1, 0.15) is 0 Å². The van der Waals surface area contributed by atoms with Crippen LogP contribution in [0.5, 0.6) is 0 Å². The Hall–Kier alpha value is -6.57. The second-order valence-corrected chi connectivity index (χ2v) is 12.1. The molecular formula is C43H26N4. The van der Waals surface area contributed by atoms with E-state index in [4.69, 9.17) is 0 Å². The zero-order valence-corrected chi connectivity index (χ0v) is 25.3.